The first kappa shape index (κ1) is 9.30. The van der Waals surface area contributed by atoms with Crippen LogP contribution in [0.5, 0.6) is 0 Å². The number of nitrogens with two attached hydrogens (primary N) is 1. The van der Waals surface area contributed by atoms with Crippen molar-refractivity contribution in [3.05, 3.63) is 0 Å². The van der Waals surface area contributed by atoms with E-state index >= 15 is 0 Å². The standard InChI is InChI=1S/C9H17N5/c1-14(7-5-3-2-4-6-7)9-11-8(10)12-13-9/h7H,2-6H2,1H3,(H3,10,11,12,13). The molecule has 0 bridgehead atoms. The van der Waals surface area contributed by atoms with E-state index in [0.29, 0.717) is 12.0 Å². The number of H-pyrrole nitrogens is 1. The first-order valence-corrected chi connectivity index (χ1v) is 5.18. The minimum Gasteiger partial charge on any atom is -0.368 e. The molecule has 2 rings (SSSR count). The van der Waals surface area contributed by atoms with Gasteiger partial charge in [-0.1, -0.05) is 19.3 Å². The molecule has 0 radical (unpaired) electrons. The van der Waals surface area contributed by atoms with E-state index in [-0.39, 0.29) is 0 Å². The summed E-state index contributed by atoms with van der Waals surface area (Å²) in [4.78, 5) is 6.25. The molecule has 0 atom stereocenters. The molecule has 78 valence electrons. The topological polar surface area (TPSA) is 70.8 Å². The van der Waals surface area contributed by atoms with Gasteiger partial charge in [0.1, 0.15) is 0 Å². The molecule has 5 heteroatoms. The van der Waals surface area contributed by atoms with Gasteiger partial charge in [0.05, 0.1) is 0 Å². The van der Waals surface area contributed by atoms with Crippen LogP contribution in [0.25, 0.3) is 0 Å². The van der Waals surface area contributed by atoms with Crippen LogP contribution >= 0.6 is 0 Å². The van der Waals surface area contributed by atoms with Crippen molar-refractivity contribution in [1.82, 2.24) is 15.2 Å². The number of hydrogen-bond acceptors (Lipinski definition) is 4. The summed E-state index contributed by atoms with van der Waals surface area (Å²) in [5.41, 5.74) is 5.49. The fraction of sp³-hybridized carbons (Fsp3) is 0.778. The molecule has 1 aliphatic carbocycles. The van der Waals surface area contributed by atoms with Gasteiger partial charge in [-0.2, -0.15) is 4.98 Å². The third kappa shape index (κ3) is 1.81. The normalized spacial score (nSPS) is 18.4. The van der Waals surface area contributed by atoms with Crippen molar-refractivity contribution in [2.75, 3.05) is 17.7 Å². The lowest BCUT2D eigenvalue weighted by atomic mass is 9.95. The zero-order valence-electron chi connectivity index (χ0n) is 8.53. The van der Waals surface area contributed by atoms with Crippen molar-refractivity contribution >= 4 is 11.9 Å². The maximum absolute atomic E-state index is 5.49. The zero-order chi connectivity index (χ0) is 9.97. The number of nitrogen functional groups attached to an aromatic ring is 1. The summed E-state index contributed by atoms with van der Waals surface area (Å²) in [5.74, 6) is 1.11. The predicted octanol–water partition coefficient (Wildman–Crippen LogP) is 1.16. The van der Waals surface area contributed by atoms with Crippen LogP contribution in [-0.4, -0.2) is 28.3 Å². The molecule has 1 aromatic heterocycles. The highest BCUT2D eigenvalue weighted by atomic mass is 15.4. The molecule has 0 aromatic carbocycles. The molecule has 1 fully saturated rings. The maximum Gasteiger partial charge on any atom is 0.246 e. The maximum atomic E-state index is 5.49. The Labute approximate surface area is 83.7 Å². The van der Waals surface area contributed by atoms with E-state index in [0.717, 1.165) is 5.95 Å². The molecular weight excluding hydrogens is 178 g/mol. The fourth-order valence-electron chi connectivity index (χ4n) is 2.05. The van der Waals surface area contributed by atoms with Crippen LogP contribution in [0.15, 0.2) is 0 Å². The second kappa shape index (κ2) is 3.86. The summed E-state index contributed by atoms with van der Waals surface area (Å²) in [6.45, 7) is 0. The number of rotatable bonds is 2. The smallest absolute Gasteiger partial charge is 0.246 e. The highest BCUT2D eigenvalue weighted by Gasteiger charge is 2.20. The molecule has 0 aliphatic heterocycles. The summed E-state index contributed by atoms with van der Waals surface area (Å²) in [6.07, 6.45) is 6.47. The highest BCUT2D eigenvalue weighted by molar-refractivity contribution is 5.34. The zero-order valence-corrected chi connectivity index (χ0v) is 8.53. The van der Waals surface area contributed by atoms with Crippen molar-refractivity contribution in [2.45, 2.75) is 38.1 Å². The Kier molecular flexibility index (Phi) is 2.56. The van der Waals surface area contributed by atoms with Crippen molar-refractivity contribution in [2.24, 2.45) is 0 Å². The van der Waals surface area contributed by atoms with Crippen molar-refractivity contribution in [1.29, 1.82) is 0 Å². The SMILES string of the molecule is CN(c1n[nH]c(N)n1)C1CCCCC1. The Bertz CT molecular complexity index is 289. The lowest BCUT2D eigenvalue weighted by Crippen LogP contribution is -2.34. The number of nitrogens with one attached hydrogen (secondary N) is 1. The van der Waals surface area contributed by atoms with E-state index in [1.54, 1.807) is 0 Å². The Balaban J connectivity index is 2.03. The summed E-state index contributed by atoms with van der Waals surface area (Å²) in [7, 11) is 2.04. The minimum atomic E-state index is 0.391. The Hall–Kier alpha value is -1.26. The third-order valence-electron chi connectivity index (χ3n) is 2.93. The van der Waals surface area contributed by atoms with E-state index in [1.165, 1.54) is 32.1 Å². The largest absolute Gasteiger partial charge is 0.368 e. The van der Waals surface area contributed by atoms with Crippen LogP contribution in [0.1, 0.15) is 32.1 Å². The molecule has 0 saturated heterocycles. The van der Waals surface area contributed by atoms with Crippen molar-refractivity contribution in [3.63, 3.8) is 0 Å². The highest BCUT2D eigenvalue weighted by Crippen LogP contribution is 2.23. The summed E-state index contributed by atoms with van der Waals surface area (Å²) in [5, 5.41) is 6.72. The Morgan fingerprint density at radius 1 is 1.36 bits per heavy atom. The number of anilines is 2. The number of aromatic nitrogens is 3. The first-order chi connectivity index (χ1) is 6.77. The number of hydrogen-bond donors (Lipinski definition) is 2. The monoisotopic (exact) mass is 195 g/mol. The number of aromatic amines is 1. The van der Waals surface area contributed by atoms with Gasteiger partial charge in [-0.3, -0.25) is 0 Å². The minimum absolute atomic E-state index is 0.391. The van der Waals surface area contributed by atoms with E-state index in [1.807, 2.05) is 7.05 Å². The fourth-order valence-corrected chi connectivity index (χ4v) is 2.05. The second-order valence-electron chi connectivity index (χ2n) is 3.92. The van der Waals surface area contributed by atoms with Crippen LogP contribution in [0.3, 0.4) is 0 Å². The molecule has 0 unspecified atom stereocenters. The number of nitrogens with zero attached hydrogens (tertiary/aromatic N) is 3. The quantitative estimate of drug-likeness (QED) is 0.742. The summed E-state index contributed by atoms with van der Waals surface area (Å²) in [6, 6.07) is 0.582. The molecular formula is C9H17N5. The van der Waals surface area contributed by atoms with E-state index < -0.39 is 0 Å². The van der Waals surface area contributed by atoms with Crippen LogP contribution in [0, 0.1) is 0 Å². The second-order valence-corrected chi connectivity index (χ2v) is 3.92. The van der Waals surface area contributed by atoms with E-state index in [4.69, 9.17) is 5.73 Å². The van der Waals surface area contributed by atoms with Crippen LogP contribution < -0.4 is 10.6 Å². The summed E-state index contributed by atoms with van der Waals surface area (Å²) < 4.78 is 0. The third-order valence-corrected chi connectivity index (χ3v) is 2.93. The molecule has 5 nitrogen and oxygen atoms in total. The van der Waals surface area contributed by atoms with Crippen molar-refractivity contribution < 1.29 is 0 Å². The molecule has 1 aliphatic rings. The lowest BCUT2D eigenvalue weighted by molar-refractivity contribution is 0.424. The van der Waals surface area contributed by atoms with Crippen LogP contribution in [0.4, 0.5) is 11.9 Å². The van der Waals surface area contributed by atoms with Crippen LogP contribution in [-0.2, 0) is 0 Å². The van der Waals surface area contributed by atoms with Gasteiger partial charge >= 0.3 is 0 Å². The molecule has 0 spiro atoms. The van der Waals surface area contributed by atoms with Gasteiger partial charge in [-0.25, -0.2) is 5.10 Å². The van der Waals surface area contributed by atoms with Gasteiger partial charge < -0.3 is 10.6 Å². The molecule has 0 amide bonds. The first-order valence-electron chi connectivity index (χ1n) is 5.18. The average molecular weight is 195 g/mol. The van der Waals surface area contributed by atoms with Gasteiger partial charge in [-0.15, -0.1) is 5.10 Å². The van der Waals surface area contributed by atoms with Crippen LogP contribution in [0.2, 0.25) is 0 Å². The average Bonchev–Trinajstić information content (AvgIpc) is 2.65. The van der Waals surface area contributed by atoms with Gasteiger partial charge in [-0.05, 0) is 12.8 Å². The van der Waals surface area contributed by atoms with Gasteiger partial charge in [0.15, 0.2) is 0 Å². The van der Waals surface area contributed by atoms with E-state index in [2.05, 4.69) is 20.1 Å². The molecule has 1 saturated carbocycles. The predicted molar refractivity (Wildman–Crippen MR) is 56.1 cm³/mol. The Morgan fingerprint density at radius 2 is 2.07 bits per heavy atom. The molecule has 1 aromatic rings. The molecule has 3 N–H and O–H groups in total. The lowest BCUT2D eigenvalue weighted by Gasteiger charge is -2.30. The van der Waals surface area contributed by atoms with Gasteiger partial charge in [0.25, 0.3) is 0 Å². The molecule has 14 heavy (non-hydrogen) atoms. The Morgan fingerprint density at radius 3 is 2.64 bits per heavy atom. The van der Waals surface area contributed by atoms with Crippen molar-refractivity contribution in [3.8, 4) is 0 Å². The van der Waals surface area contributed by atoms with Gasteiger partial charge in [0.2, 0.25) is 11.9 Å². The summed E-state index contributed by atoms with van der Waals surface area (Å²) >= 11 is 0. The van der Waals surface area contributed by atoms with Gasteiger partial charge in [0, 0.05) is 13.1 Å². The molecule has 1 heterocycles. The van der Waals surface area contributed by atoms with E-state index in [9.17, 15) is 0 Å².